The number of hydrogen-bond donors (Lipinski definition) is 0. The molecule has 0 spiro atoms. The van der Waals surface area contributed by atoms with Gasteiger partial charge in [0, 0.05) is 12.1 Å². The summed E-state index contributed by atoms with van der Waals surface area (Å²) in [5.41, 5.74) is 0.622. The first-order valence-corrected chi connectivity index (χ1v) is 4.77. The minimum absolute atomic E-state index is 0.0170. The van der Waals surface area contributed by atoms with Crippen LogP contribution >= 0.6 is 0 Å². The number of rotatable bonds is 4. The van der Waals surface area contributed by atoms with E-state index in [1.807, 2.05) is 20.8 Å². The summed E-state index contributed by atoms with van der Waals surface area (Å²) in [6.07, 6.45) is 3.19. The quantitative estimate of drug-likeness (QED) is 0.689. The minimum Gasteiger partial charge on any atom is -0.491 e. The van der Waals surface area contributed by atoms with Crippen molar-refractivity contribution in [3.05, 3.63) is 24.0 Å². The van der Waals surface area contributed by atoms with Crippen LogP contribution < -0.4 is 4.74 Å². The first-order valence-electron chi connectivity index (χ1n) is 4.77. The predicted molar refractivity (Wildman–Crippen MR) is 54.6 cm³/mol. The summed E-state index contributed by atoms with van der Waals surface area (Å²) in [7, 11) is 0. The third-order valence-electron chi connectivity index (χ3n) is 1.87. The van der Waals surface area contributed by atoms with Gasteiger partial charge < -0.3 is 4.74 Å². The lowest BCUT2D eigenvalue weighted by molar-refractivity contribution is 0.0935. The molecule has 0 unspecified atom stereocenters. The molecule has 3 nitrogen and oxygen atoms in total. The van der Waals surface area contributed by atoms with Gasteiger partial charge in [0.1, 0.15) is 5.75 Å². The van der Waals surface area contributed by atoms with Crippen LogP contribution in [0.4, 0.5) is 0 Å². The average molecular weight is 193 g/mol. The van der Waals surface area contributed by atoms with Crippen LogP contribution in [0.3, 0.4) is 0 Å². The first-order chi connectivity index (χ1) is 6.66. The van der Waals surface area contributed by atoms with Gasteiger partial charge in [-0.25, -0.2) is 0 Å². The van der Waals surface area contributed by atoms with E-state index < -0.39 is 0 Å². The Bertz CT molecular complexity index is 321. The zero-order valence-corrected chi connectivity index (χ0v) is 8.78. The fourth-order valence-electron chi connectivity index (χ4n) is 1.17. The van der Waals surface area contributed by atoms with Gasteiger partial charge in [-0.3, -0.25) is 9.78 Å². The highest BCUT2D eigenvalue weighted by atomic mass is 16.5. The van der Waals surface area contributed by atoms with E-state index in [0.29, 0.717) is 17.9 Å². The Morgan fingerprint density at radius 1 is 1.57 bits per heavy atom. The molecule has 0 aromatic carbocycles. The Kier molecular flexibility index (Phi) is 3.63. The maximum Gasteiger partial charge on any atom is 0.169 e. The summed E-state index contributed by atoms with van der Waals surface area (Å²) in [5.74, 6) is 0.654. The van der Waals surface area contributed by atoms with Gasteiger partial charge in [0.2, 0.25) is 0 Å². The third kappa shape index (κ3) is 2.31. The van der Waals surface area contributed by atoms with Gasteiger partial charge in [-0.05, 0) is 13.0 Å². The van der Waals surface area contributed by atoms with Crippen molar-refractivity contribution in [2.24, 2.45) is 5.92 Å². The minimum atomic E-state index is -0.0170. The fraction of sp³-hybridized carbons (Fsp3) is 0.455. The number of carbonyl (C=O) groups is 1. The molecule has 1 aromatic rings. The molecular weight excluding hydrogens is 178 g/mol. The summed E-state index contributed by atoms with van der Waals surface area (Å²) < 4.78 is 5.32. The zero-order chi connectivity index (χ0) is 10.6. The lowest BCUT2D eigenvalue weighted by atomic mass is 10.0. The van der Waals surface area contributed by atoms with Gasteiger partial charge in [-0.2, -0.15) is 0 Å². The van der Waals surface area contributed by atoms with Gasteiger partial charge in [0.15, 0.2) is 5.78 Å². The third-order valence-corrected chi connectivity index (χ3v) is 1.87. The van der Waals surface area contributed by atoms with Crippen LogP contribution in [-0.4, -0.2) is 17.4 Å². The van der Waals surface area contributed by atoms with Crippen molar-refractivity contribution in [2.45, 2.75) is 20.8 Å². The number of Topliss-reactive ketones (excluding diaryl/α,β-unsaturated/α-hetero) is 1. The molecule has 1 aromatic heterocycles. The van der Waals surface area contributed by atoms with E-state index in [1.54, 1.807) is 18.5 Å². The SMILES string of the molecule is CCOc1cnccc1C(=O)C(C)C. The van der Waals surface area contributed by atoms with Crippen LogP contribution in [-0.2, 0) is 0 Å². The molecule has 0 fully saturated rings. The first kappa shape index (κ1) is 10.7. The zero-order valence-electron chi connectivity index (χ0n) is 8.78. The second-order valence-electron chi connectivity index (χ2n) is 3.32. The van der Waals surface area contributed by atoms with E-state index in [-0.39, 0.29) is 11.7 Å². The van der Waals surface area contributed by atoms with Crippen molar-refractivity contribution in [3.63, 3.8) is 0 Å². The van der Waals surface area contributed by atoms with Crippen LogP contribution in [0.2, 0.25) is 0 Å². The molecule has 0 aliphatic carbocycles. The predicted octanol–water partition coefficient (Wildman–Crippen LogP) is 2.32. The summed E-state index contributed by atoms with van der Waals surface area (Å²) in [5, 5.41) is 0. The highest BCUT2D eigenvalue weighted by molar-refractivity contribution is 5.99. The van der Waals surface area contributed by atoms with E-state index in [1.165, 1.54) is 0 Å². The standard InChI is InChI=1S/C11H15NO2/c1-4-14-10-7-12-6-5-9(10)11(13)8(2)3/h5-8H,4H2,1-3H3. The van der Waals surface area contributed by atoms with Crippen LogP contribution in [0, 0.1) is 5.92 Å². The van der Waals surface area contributed by atoms with E-state index in [9.17, 15) is 4.79 Å². The molecule has 0 amide bonds. The van der Waals surface area contributed by atoms with Crippen LogP contribution in [0.25, 0.3) is 0 Å². The van der Waals surface area contributed by atoms with Gasteiger partial charge >= 0.3 is 0 Å². The van der Waals surface area contributed by atoms with Crippen molar-refractivity contribution in [1.82, 2.24) is 4.98 Å². The Morgan fingerprint density at radius 2 is 2.29 bits per heavy atom. The van der Waals surface area contributed by atoms with Crippen LogP contribution in [0.15, 0.2) is 18.5 Å². The Morgan fingerprint density at radius 3 is 2.86 bits per heavy atom. The van der Waals surface area contributed by atoms with Gasteiger partial charge in [0.25, 0.3) is 0 Å². The number of nitrogens with zero attached hydrogens (tertiary/aromatic N) is 1. The van der Waals surface area contributed by atoms with Crippen molar-refractivity contribution < 1.29 is 9.53 Å². The molecule has 3 heteroatoms. The molecule has 0 N–H and O–H groups in total. The molecule has 0 saturated heterocycles. The molecule has 0 bridgehead atoms. The second kappa shape index (κ2) is 4.74. The summed E-state index contributed by atoms with van der Waals surface area (Å²) in [4.78, 5) is 15.7. The van der Waals surface area contributed by atoms with Crippen molar-refractivity contribution in [1.29, 1.82) is 0 Å². The molecule has 14 heavy (non-hydrogen) atoms. The largest absolute Gasteiger partial charge is 0.491 e. The van der Waals surface area contributed by atoms with Gasteiger partial charge in [-0.15, -0.1) is 0 Å². The molecule has 0 aliphatic rings. The summed E-state index contributed by atoms with van der Waals surface area (Å²) >= 11 is 0. The lowest BCUT2D eigenvalue weighted by Gasteiger charge is -2.09. The lowest BCUT2D eigenvalue weighted by Crippen LogP contribution is -2.10. The Balaban J connectivity index is 3.00. The highest BCUT2D eigenvalue weighted by Crippen LogP contribution is 2.19. The maximum atomic E-state index is 11.7. The number of pyridine rings is 1. The number of aromatic nitrogens is 1. The van der Waals surface area contributed by atoms with Gasteiger partial charge in [0.05, 0.1) is 18.4 Å². The maximum absolute atomic E-state index is 11.7. The molecule has 0 aliphatic heterocycles. The van der Waals surface area contributed by atoms with E-state index in [4.69, 9.17) is 4.74 Å². The normalized spacial score (nSPS) is 10.3. The Hall–Kier alpha value is -1.38. The number of carbonyl (C=O) groups excluding carboxylic acids is 1. The second-order valence-corrected chi connectivity index (χ2v) is 3.32. The number of ketones is 1. The molecule has 1 rings (SSSR count). The summed E-state index contributed by atoms with van der Waals surface area (Å²) in [6.45, 7) is 6.18. The molecule has 0 radical (unpaired) electrons. The molecule has 76 valence electrons. The molecule has 0 atom stereocenters. The number of ether oxygens (including phenoxy) is 1. The molecule has 0 saturated carbocycles. The molecule has 1 heterocycles. The monoisotopic (exact) mass is 193 g/mol. The fourth-order valence-corrected chi connectivity index (χ4v) is 1.17. The van der Waals surface area contributed by atoms with Crippen molar-refractivity contribution in [2.75, 3.05) is 6.61 Å². The van der Waals surface area contributed by atoms with Crippen molar-refractivity contribution >= 4 is 5.78 Å². The van der Waals surface area contributed by atoms with E-state index in [2.05, 4.69) is 4.98 Å². The molecular formula is C11H15NO2. The smallest absolute Gasteiger partial charge is 0.169 e. The van der Waals surface area contributed by atoms with Crippen LogP contribution in [0.1, 0.15) is 31.1 Å². The van der Waals surface area contributed by atoms with E-state index in [0.717, 1.165) is 0 Å². The van der Waals surface area contributed by atoms with E-state index >= 15 is 0 Å². The van der Waals surface area contributed by atoms with Crippen LogP contribution in [0.5, 0.6) is 5.75 Å². The summed E-state index contributed by atoms with van der Waals surface area (Å²) in [6, 6.07) is 1.70. The average Bonchev–Trinajstić information content (AvgIpc) is 2.18. The number of hydrogen-bond acceptors (Lipinski definition) is 3. The van der Waals surface area contributed by atoms with Crippen molar-refractivity contribution in [3.8, 4) is 5.75 Å². The highest BCUT2D eigenvalue weighted by Gasteiger charge is 2.15. The van der Waals surface area contributed by atoms with Gasteiger partial charge in [-0.1, -0.05) is 13.8 Å². The topological polar surface area (TPSA) is 39.2 Å². The Labute approximate surface area is 84.1 Å².